The molecule has 0 aliphatic rings. The van der Waals surface area contributed by atoms with Crippen LogP contribution in [0.1, 0.15) is 19.4 Å². The van der Waals surface area contributed by atoms with Crippen molar-refractivity contribution in [2.45, 2.75) is 19.6 Å². The van der Waals surface area contributed by atoms with Gasteiger partial charge in [0.1, 0.15) is 5.70 Å². The molecule has 0 bridgehead atoms. The van der Waals surface area contributed by atoms with Gasteiger partial charge in [-0.15, -0.1) is 0 Å². The van der Waals surface area contributed by atoms with Crippen LogP contribution in [0.2, 0.25) is 0 Å². The van der Waals surface area contributed by atoms with E-state index in [4.69, 9.17) is 5.11 Å². The maximum atomic E-state index is 11.8. The summed E-state index contributed by atoms with van der Waals surface area (Å²) in [7, 11) is -3.71. The topological polar surface area (TPSA) is 83.5 Å². The van der Waals surface area contributed by atoms with E-state index >= 15 is 0 Å². The SMILES string of the molecule is CC(C)=C(NS(=O)(=O)Cc1ccccc1)C(=O)O. The molecule has 0 amide bonds. The normalized spacial score (nSPS) is 10.8. The molecule has 0 aliphatic carbocycles. The zero-order valence-electron chi connectivity index (χ0n) is 10.2. The first-order chi connectivity index (χ1) is 8.32. The third kappa shape index (κ3) is 4.21. The van der Waals surface area contributed by atoms with Crippen molar-refractivity contribution in [1.29, 1.82) is 0 Å². The van der Waals surface area contributed by atoms with Gasteiger partial charge < -0.3 is 5.11 Å². The summed E-state index contributed by atoms with van der Waals surface area (Å²) in [4.78, 5) is 10.9. The number of rotatable bonds is 5. The summed E-state index contributed by atoms with van der Waals surface area (Å²) in [5.41, 5.74) is 0.702. The summed E-state index contributed by atoms with van der Waals surface area (Å²) in [6.45, 7) is 3.07. The second kappa shape index (κ2) is 5.68. The van der Waals surface area contributed by atoms with Crippen LogP contribution in [-0.4, -0.2) is 19.5 Å². The van der Waals surface area contributed by atoms with E-state index in [2.05, 4.69) is 4.72 Å². The van der Waals surface area contributed by atoms with E-state index in [1.807, 2.05) is 0 Å². The van der Waals surface area contributed by atoms with E-state index in [1.165, 1.54) is 13.8 Å². The number of sulfonamides is 1. The molecule has 0 spiro atoms. The van der Waals surface area contributed by atoms with Gasteiger partial charge >= 0.3 is 5.97 Å². The highest BCUT2D eigenvalue weighted by molar-refractivity contribution is 7.88. The third-order valence-corrected chi connectivity index (χ3v) is 3.40. The molecule has 0 aromatic heterocycles. The van der Waals surface area contributed by atoms with Crippen molar-refractivity contribution in [1.82, 2.24) is 4.72 Å². The first-order valence-electron chi connectivity index (χ1n) is 5.27. The number of hydrogen-bond donors (Lipinski definition) is 2. The van der Waals surface area contributed by atoms with Crippen LogP contribution in [0.5, 0.6) is 0 Å². The molecule has 0 saturated carbocycles. The Kier molecular flexibility index (Phi) is 4.49. The van der Waals surface area contributed by atoms with Crippen LogP contribution in [0.15, 0.2) is 41.6 Å². The monoisotopic (exact) mass is 269 g/mol. The van der Waals surface area contributed by atoms with Crippen molar-refractivity contribution in [2.24, 2.45) is 0 Å². The summed E-state index contributed by atoms with van der Waals surface area (Å²) in [6, 6.07) is 8.57. The fourth-order valence-electron chi connectivity index (χ4n) is 1.34. The first-order valence-corrected chi connectivity index (χ1v) is 6.92. The van der Waals surface area contributed by atoms with Crippen molar-refractivity contribution in [3.63, 3.8) is 0 Å². The van der Waals surface area contributed by atoms with Crippen molar-refractivity contribution >= 4 is 16.0 Å². The van der Waals surface area contributed by atoms with E-state index < -0.39 is 16.0 Å². The molecule has 1 aromatic carbocycles. The Hall–Kier alpha value is -1.82. The van der Waals surface area contributed by atoms with Gasteiger partial charge in [-0.2, -0.15) is 0 Å². The van der Waals surface area contributed by atoms with Gasteiger partial charge in [-0.05, 0) is 25.0 Å². The smallest absolute Gasteiger partial charge is 0.352 e. The Morgan fingerprint density at radius 3 is 2.22 bits per heavy atom. The molecule has 0 fully saturated rings. The summed E-state index contributed by atoms with van der Waals surface area (Å²) < 4.78 is 25.7. The predicted octanol–water partition coefficient (Wildman–Crippen LogP) is 1.48. The molecular weight excluding hydrogens is 254 g/mol. The summed E-state index contributed by atoms with van der Waals surface area (Å²) in [6.07, 6.45) is 0. The Morgan fingerprint density at radius 1 is 1.22 bits per heavy atom. The van der Waals surface area contributed by atoms with Crippen LogP contribution in [0.25, 0.3) is 0 Å². The molecule has 1 rings (SSSR count). The van der Waals surface area contributed by atoms with Gasteiger partial charge in [-0.25, -0.2) is 13.2 Å². The fourth-order valence-corrected chi connectivity index (χ4v) is 2.65. The van der Waals surface area contributed by atoms with Crippen LogP contribution < -0.4 is 4.72 Å². The van der Waals surface area contributed by atoms with Crippen molar-refractivity contribution in [3.05, 3.63) is 47.2 Å². The lowest BCUT2D eigenvalue weighted by atomic mass is 10.2. The minimum Gasteiger partial charge on any atom is -0.477 e. The van der Waals surface area contributed by atoms with E-state index in [0.29, 0.717) is 11.1 Å². The lowest BCUT2D eigenvalue weighted by molar-refractivity contribution is -0.132. The Morgan fingerprint density at radius 2 is 1.78 bits per heavy atom. The molecule has 0 atom stereocenters. The molecule has 2 N–H and O–H groups in total. The first kappa shape index (κ1) is 14.2. The molecule has 98 valence electrons. The van der Waals surface area contributed by atoms with Gasteiger partial charge in [0.05, 0.1) is 5.75 Å². The number of hydrogen-bond acceptors (Lipinski definition) is 3. The average Bonchev–Trinajstić information content (AvgIpc) is 2.26. The minimum absolute atomic E-state index is 0.252. The highest BCUT2D eigenvalue weighted by Gasteiger charge is 2.18. The van der Waals surface area contributed by atoms with Crippen LogP contribution >= 0.6 is 0 Å². The Labute approximate surface area is 106 Å². The molecule has 1 aromatic rings. The Balaban J connectivity index is 2.90. The molecule has 0 aliphatic heterocycles. The molecule has 6 heteroatoms. The summed E-state index contributed by atoms with van der Waals surface area (Å²) in [5.74, 6) is -1.54. The molecule has 0 unspecified atom stereocenters. The van der Waals surface area contributed by atoms with Crippen LogP contribution in [0.3, 0.4) is 0 Å². The van der Waals surface area contributed by atoms with Gasteiger partial charge in [-0.1, -0.05) is 30.3 Å². The lowest BCUT2D eigenvalue weighted by Gasteiger charge is -2.10. The molecule has 18 heavy (non-hydrogen) atoms. The van der Waals surface area contributed by atoms with E-state index in [9.17, 15) is 13.2 Å². The second-order valence-corrected chi connectivity index (χ2v) is 5.75. The maximum absolute atomic E-state index is 11.8. The van der Waals surface area contributed by atoms with Gasteiger partial charge in [0, 0.05) is 0 Å². The zero-order valence-corrected chi connectivity index (χ0v) is 11.0. The molecule has 0 radical (unpaired) electrons. The summed E-state index contributed by atoms with van der Waals surface area (Å²) in [5, 5.41) is 8.89. The summed E-state index contributed by atoms with van der Waals surface area (Å²) >= 11 is 0. The van der Waals surface area contributed by atoms with Gasteiger partial charge in [0.25, 0.3) is 0 Å². The van der Waals surface area contributed by atoms with Gasteiger partial charge in [0.15, 0.2) is 0 Å². The number of nitrogens with one attached hydrogen (secondary N) is 1. The van der Waals surface area contributed by atoms with Crippen molar-refractivity contribution in [3.8, 4) is 0 Å². The van der Waals surface area contributed by atoms with Crippen LogP contribution in [0.4, 0.5) is 0 Å². The third-order valence-electron chi connectivity index (χ3n) is 2.17. The largest absolute Gasteiger partial charge is 0.477 e. The quantitative estimate of drug-likeness (QED) is 0.793. The number of benzene rings is 1. The number of carboxylic acids is 1. The number of carbonyl (C=O) groups is 1. The van der Waals surface area contributed by atoms with Crippen LogP contribution in [0, 0.1) is 0 Å². The molecule has 5 nitrogen and oxygen atoms in total. The van der Waals surface area contributed by atoms with Crippen molar-refractivity contribution in [2.75, 3.05) is 0 Å². The number of aliphatic carboxylic acids is 1. The van der Waals surface area contributed by atoms with E-state index in [-0.39, 0.29) is 11.4 Å². The number of carboxylic acid groups (broad SMARTS) is 1. The van der Waals surface area contributed by atoms with Gasteiger partial charge in [0.2, 0.25) is 10.0 Å². The van der Waals surface area contributed by atoms with Crippen LogP contribution in [-0.2, 0) is 20.6 Å². The number of allylic oxidation sites excluding steroid dienone is 1. The zero-order chi connectivity index (χ0) is 13.8. The molecule has 0 heterocycles. The van der Waals surface area contributed by atoms with Crippen molar-refractivity contribution < 1.29 is 18.3 Å². The van der Waals surface area contributed by atoms with E-state index in [1.54, 1.807) is 30.3 Å². The molecular formula is C12H15NO4S. The minimum atomic E-state index is -3.71. The predicted molar refractivity (Wildman–Crippen MR) is 68.2 cm³/mol. The van der Waals surface area contributed by atoms with E-state index in [0.717, 1.165) is 0 Å². The lowest BCUT2D eigenvalue weighted by Crippen LogP contribution is -2.29. The Bertz CT molecular complexity index is 557. The fraction of sp³-hybridized carbons (Fsp3) is 0.250. The second-order valence-electron chi connectivity index (χ2n) is 4.03. The highest BCUT2D eigenvalue weighted by Crippen LogP contribution is 2.08. The standard InChI is InChI=1S/C12H15NO4S/c1-9(2)11(12(14)15)13-18(16,17)8-10-6-4-3-5-7-10/h3-7,13H,8H2,1-2H3,(H,14,15). The van der Waals surface area contributed by atoms with Gasteiger partial charge in [-0.3, -0.25) is 4.72 Å². The molecule has 0 saturated heterocycles. The maximum Gasteiger partial charge on any atom is 0.352 e. The highest BCUT2D eigenvalue weighted by atomic mass is 32.2. The average molecular weight is 269 g/mol.